The van der Waals surface area contributed by atoms with Crippen molar-refractivity contribution in [2.24, 2.45) is 5.92 Å². The quantitative estimate of drug-likeness (QED) is 0.00934. The van der Waals surface area contributed by atoms with E-state index < -0.39 is 30.1 Å². The van der Waals surface area contributed by atoms with Gasteiger partial charge in [-0.05, 0) is 170 Å². The van der Waals surface area contributed by atoms with Crippen LogP contribution in [0.15, 0.2) is 158 Å². The average molecular weight is 1140 g/mol. The van der Waals surface area contributed by atoms with Gasteiger partial charge in [-0.15, -0.1) is 0 Å². The van der Waals surface area contributed by atoms with E-state index in [1.165, 1.54) is 6.08 Å². The second-order valence-electron chi connectivity index (χ2n) is 23.6. The van der Waals surface area contributed by atoms with Crippen molar-refractivity contribution in [3.05, 3.63) is 186 Å². The summed E-state index contributed by atoms with van der Waals surface area (Å²) in [5.41, 5.74) is 5.84. The Morgan fingerprint density at radius 2 is 1.08 bits per heavy atom. The molecular formula is C70H80N2O12. The zero-order chi connectivity index (χ0) is 60.0. The van der Waals surface area contributed by atoms with Gasteiger partial charge in [0.2, 0.25) is 6.29 Å². The molecule has 8 rings (SSSR count). The fourth-order valence-electron chi connectivity index (χ4n) is 10.5. The number of ether oxygens (including phenoxy) is 5. The molecule has 442 valence electrons. The second-order valence-corrected chi connectivity index (χ2v) is 23.6. The minimum absolute atomic E-state index is 0.0195. The molecule has 3 aliphatic rings. The van der Waals surface area contributed by atoms with E-state index in [9.17, 15) is 14.4 Å². The van der Waals surface area contributed by atoms with Crippen LogP contribution in [0.4, 0.5) is 11.4 Å². The smallest absolute Gasteiger partial charge is 0.343 e. The molecule has 1 fully saturated rings. The van der Waals surface area contributed by atoms with Gasteiger partial charge in [0.05, 0.1) is 54.0 Å². The number of anilines is 2. The first-order chi connectivity index (χ1) is 40.4. The summed E-state index contributed by atoms with van der Waals surface area (Å²) in [5, 5.41) is 0. The highest BCUT2D eigenvalue weighted by Crippen LogP contribution is 2.50. The highest BCUT2D eigenvalue weighted by atomic mass is 17.2. The summed E-state index contributed by atoms with van der Waals surface area (Å²) in [6.45, 7) is 23.1. The summed E-state index contributed by atoms with van der Waals surface area (Å²) in [4.78, 5) is 82.7. The summed E-state index contributed by atoms with van der Waals surface area (Å²) in [6, 6.07) is 36.5. The lowest BCUT2D eigenvalue weighted by molar-refractivity contribution is -0.222. The summed E-state index contributed by atoms with van der Waals surface area (Å²) in [7, 11) is 0. The number of carbonyl (C=O) groups is 5. The molecule has 0 saturated heterocycles. The highest BCUT2D eigenvalue weighted by molar-refractivity contribution is 6.41. The molecule has 1 unspecified atom stereocenters. The van der Waals surface area contributed by atoms with Gasteiger partial charge >= 0.3 is 17.9 Å². The fraction of sp³-hybridized carbons (Fsp3) is 0.386. The number of hydrogen-bond donors (Lipinski definition) is 0. The molecule has 0 bridgehead atoms. The van der Waals surface area contributed by atoms with Crippen molar-refractivity contribution in [2.75, 3.05) is 29.6 Å². The van der Waals surface area contributed by atoms with Crippen molar-refractivity contribution in [3.8, 4) is 17.2 Å². The summed E-state index contributed by atoms with van der Waals surface area (Å²) < 4.78 is 28.4. The van der Waals surface area contributed by atoms with E-state index in [-0.39, 0.29) is 45.5 Å². The maximum Gasteiger partial charge on any atom is 0.343 e. The van der Waals surface area contributed by atoms with Crippen molar-refractivity contribution >= 4 is 52.5 Å². The Labute approximate surface area is 495 Å². The molecule has 5 aromatic rings. The minimum Gasteiger partial charge on any atom is -0.494 e. The van der Waals surface area contributed by atoms with Crippen molar-refractivity contribution in [1.82, 2.24) is 0 Å². The Morgan fingerprint density at radius 3 is 1.60 bits per heavy atom. The van der Waals surface area contributed by atoms with Crippen LogP contribution in [0.5, 0.6) is 17.2 Å². The monoisotopic (exact) mass is 1140 g/mol. The Bertz CT molecular complexity index is 3170. The van der Waals surface area contributed by atoms with Gasteiger partial charge in [0.15, 0.2) is 5.75 Å². The van der Waals surface area contributed by atoms with Gasteiger partial charge in [-0.2, -0.15) is 4.89 Å². The van der Waals surface area contributed by atoms with Crippen LogP contribution in [0.25, 0.3) is 11.4 Å². The van der Waals surface area contributed by atoms with E-state index in [2.05, 4.69) is 61.6 Å². The number of unbranched alkanes of at least 4 members (excludes halogenated alkanes) is 5. The maximum atomic E-state index is 15.5. The van der Waals surface area contributed by atoms with Crippen molar-refractivity contribution < 1.29 is 57.4 Å². The van der Waals surface area contributed by atoms with Crippen molar-refractivity contribution in [2.45, 2.75) is 149 Å². The molecule has 14 heteroatoms. The molecule has 2 aliphatic heterocycles. The lowest BCUT2D eigenvalue weighted by Gasteiger charge is -2.30. The van der Waals surface area contributed by atoms with Gasteiger partial charge in [-0.1, -0.05) is 123 Å². The van der Waals surface area contributed by atoms with Crippen LogP contribution in [0, 0.1) is 5.92 Å². The second kappa shape index (κ2) is 28.5. The highest BCUT2D eigenvalue weighted by Gasteiger charge is 2.50. The number of esters is 3. The van der Waals surface area contributed by atoms with Crippen LogP contribution in [-0.4, -0.2) is 61.9 Å². The molecule has 1 saturated carbocycles. The Hall–Kier alpha value is -8.07. The average Bonchev–Trinajstić information content (AvgIpc) is 1.57. The molecule has 14 nitrogen and oxygen atoms in total. The molecule has 2 amide bonds. The largest absolute Gasteiger partial charge is 0.494 e. The first-order valence-corrected chi connectivity index (χ1v) is 29.5. The van der Waals surface area contributed by atoms with Crippen LogP contribution in [0.3, 0.4) is 0 Å². The first-order valence-electron chi connectivity index (χ1n) is 29.5. The molecule has 1 aliphatic carbocycles. The molecule has 0 N–H and O–H groups in total. The normalized spacial score (nSPS) is 16.6. The molecular weight excluding hydrogens is 1060 g/mol. The van der Waals surface area contributed by atoms with Crippen LogP contribution in [-0.2, 0) is 49.1 Å². The van der Waals surface area contributed by atoms with Gasteiger partial charge < -0.3 is 28.6 Å². The number of amides is 2. The van der Waals surface area contributed by atoms with Gasteiger partial charge in [0.1, 0.15) is 11.5 Å². The molecule has 0 spiro atoms. The van der Waals surface area contributed by atoms with Crippen LogP contribution >= 0.6 is 0 Å². The zero-order valence-electron chi connectivity index (χ0n) is 49.7. The number of benzene rings is 5. The summed E-state index contributed by atoms with van der Waals surface area (Å²) >= 11 is 0. The predicted molar refractivity (Wildman–Crippen MR) is 326 cm³/mol. The van der Waals surface area contributed by atoms with Gasteiger partial charge in [0.25, 0.3) is 11.8 Å². The third kappa shape index (κ3) is 15.8. The number of rotatable bonds is 27. The zero-order valence-corrected chi connectivity index (χ0v) is 49.7. The molecule has 5 aromatic carbocycles. The number of hydrogen-bond acceptors (Lipinski definition) is 12. The molecule has 1 atom stereocenters. The van der Waals surface area contributed by atoms with E-state index in [0.717, 1.165) is 87.8 Å². The third-order valence-electron chi connectivity index (χ3n) is 15.3. The van der Waals surface area contributed by atoms with E-state index in [0.29, 0.717) is 77.4 Å². The van der Waals surface area contributed by atoms with E-state index in [1.807, 2.05) is 48.5 Å². The minimum atomic E-state index is -0.588. The van der Waals surface area contributed by atoms with Crippen molar-refractivity contribution in [3.63, 3.8) is 0 Å². The SMILES string of the molecule is C=CC(=O)OCCCCCCOc1ccc(OC(=O)c2ccc(N3C(=O)C4=C(c5ccc(C(C)(C)C)cc5)N(c5ccc(OOCC6CCC(OC(CCCCC)OC(=O)C=C)CC6)cc5)C(=O)C4=C3c3ccc(C(C)(C)C)cc3)cc2)cc1. The van der Waals surface area contributed by atoms with Crippen LogP contribution < -0.4 is 24.2 Å². The Kier molecular flexibility index (Phi) is 21.0. The van der Waals surface area contributed by atoms with Crippen LogP contribution in [0.1, 0.15) is 158 Å². The lowest BCUT2D eigenvalue weighted by atomic mass is 9.86. The van der Waals surface area contributed by atoms with Crippen molar-refractivity contribution in [1.29, 1.82) is 0 Å². The number of fused-ring (bicyclic) bond motifs is 1. The van der Waals surface area contributed by atoms with Gasteiger partial charge in [-0.25, -0.2) is 14.4 Å². The molecule has 0 radical (unpaired) electrons. The van der Waals surface area contributed by atoms with E-state index >= 15 is 9.59 Å². The first kappa shape index (κ1) is 62.0. The molecule has 84 heavy (non-hydrogen) atoms. The van der Waals surface area contributed by atoms with Crippen LogP contribution in [0.2, 0.25) is 0 Å². The van der Waals surface area contributed by atoms with Gasteiger partial charge in [0, 0.05) is 29.9 Å². The standard InChI is InChI=1S/C70H80N2O12/c1-10-13-16-19-61(83-60(74)12-3)81-56-36-20-47(21-37-56)46-80-84-58-38-34-54(35-39-58)72-65(49-24-30-52(31-25-49)70(7,8)9)63-62(67(72)76)64(48-22-28-51(29-23-48)69(4,5)6)71(66(63)75)53-32-26-50(27-33-53)68(77)82-57-42-40-55(41-43-57)78-44-17-14-15-18-45-79-59(73)11-2/h11-12,22-35,38-43,47,56,61H,2-3,10,13-21,36-37,44-46H2,1,4-9H3. The summed E-state index contributed by atoms with van der Waals surface area (Å²) in [6.07, 6.45) is 12.1. The number of nitrogens with zero attached hydrogens (tertiary/aromatic N) is 2. The molecule has 0 aromatic heterocycles. The summed E-state index contributed by atoms with van der Waals surface area (Å²) in [5.74, 6) is -0.588. The van der Waals surface area contributed by atoms with E-state index in [4.69, 9.17) is 33.5 Å². The Morgan fingerprint density at radius 1 is 0.583 bits per heavy atom. The van der Waals surface area contributed by atoms with Gasteiger partial charge in [-0.3, -0.25) is 19.4 Å². The number of carbonyl (C=O) groups excluding carboxylic acids is 5. The lowest BCUT2D eigenvalue weighted by Crippen LogP contribution is -2.31. The maximum absolute atomic E-state index is 15.5. The fourth-order valence-corrected chi connectivity index (χ4v) is 10.5. The molecule has 2 heterocycles. The van der Waals surface area contributed by atoms with E-state index in [1.54, 1.807) is 82.6 Å². The predicted octanol–water partition coefficient (Wildman–Crippen LogP) is 14.9. The topological polar surface area (TPSA) is 156 Å². The third-order valence-corrected chi connectivity index (χ3v) is 15.3. The Balaban J connectivity index is 0.996.